The fourth-order valence-corrected chi connectivity index (χ4v) is 2.53. The second kappa shape index (κ2) is 4.59. The van der Waals surface area contributed by atoms with Crippen molar-refractivity contribution in [3.05, 3.63) is 57.4 Å². The van der Waals surface area contributed by atoms with Crippen LogP contribution in [0.3, 0.4) is 0 Å². The third-order valence-electron chi connectivity index (χ3n) is 2.97. The number of aromatic nitrogens is 2. The van der Waals surface area contributed by atoms with E-state index in [1.165, 1.54) is 0 Å². The van der Waals surface area contributed by atoms with Crippen LogP contribution in [0, 0.1) is 0 Å². The van der Waals surface area contributed by atoms with Crippen LogP contribution in [0.5, 0.6) is 5.75 Å². The van der Waals surface area contributed by atoms with E-state index in [1.807, 2.05) is 42.5 Å². The van der Waals surface area contributed by atoms with E-state index in [-0.39, 0.29) is 5.69 Å². The van der Waals surface area contributed by atoms with Gasteiger partial charge in [-0.2, -0.15) is 0 Å². The molecule has 0 radical (unpaired) electrons. The van der Waals surface area contributed by atoms with Crippen LogP contribution in [0.1, 0.15) is 0 Å². The summed E-state index contributed by atoms with van der Waals surface area (Å²) in [6, 6.07) is 13.2. The molecule has 3 aromatic rings. The zero-order valence-corrected chi connectivity index (χ0v) is 11.8. The predicted molar refractivity (Wildman–Crippen MR) is 78.1 cm³/mol. The molecule has 0 aliphatic rings. The van der Waals surface area contributed by atoms with Gasteiger partial charge < -0.3 is 9.72 Å². The lowest BCUT2D eigenvalue weighted by atomic mass is 10.2. The second-order valence-electron chi connectivity index (χ2n) is 4.10. The van der Waals surface area contributed by atoms with Crippen molar-refractivity contribution in [1.82, 2.24) is 9.55 Å². The summed E-state index contributed by atoms with van der Waals surface area (Å²) in [5.41, 5.74) is 2.12. The molecule has 1 N–H and O–H groups in total. The van der Waals surface area contributed by atoms with Crippen molar-refractivity contribution in [2.45, 2.75) is 0 Å². The molecule has 0 aliphatic heterocycles. The molecule has 4 nitrogen and oxygen atoms in total. The summed E-state index contributed by atoms with van der Waals surface area (Å²) in [6.07, 6.45) is 0. The Morgan fingerprint density at radius 3 is 2.74 bits per heavy atom. The van der Waals surface area contributed by atoms with Gasteiger partial charge in [0.15, 0.2) is 0 Å². The number of rotatable bonds is 2. The highest BCUT2D eigenvalue weighted by molar-refractivity contribution is 9.10. The van der Waals surface area contributed by atoms with Crippen LogP contribution in [-0.4, -0.2) is 16.7 Å². The van der Waals surface area contributed by atoms with Crippen LogP contribution in [0.15, 0.2) is 51.7 Å². The van der Waals surface area contributed by atoms with Gasteiger partial charge in [0.05, 0.1) is 18.3 Å². The third kappa shape index (κ3) is 1.96. The maximum atomic E-state index is 12.2. The molecule has 2 aromatic carbocycles. The van der Waals surface area contributed by atoms with E-state index in [9.17, 15) is 4.79 Å². The topological polar surface area (TPSA) is 47.0 Å². The Balaban J connectivity index is 2.36. The minimum absolute atomic E-state index is 0.183. The predicted octanol–water partition coefficient (Wildman–Crippen LogP) is 3.09. The van der Waals surface area contributed by atoms with Gasteiger partial charge in [-0.05, 0) is 30.3 Å². The van der Waals surface area contributed by atoms with Crippen molar-refractivity contribution in [3.8, 4) is 11.4 Å². The number of nitrogens with zero attached hydrogens (tertiary/aromatic N) is 1. The van der Waals surface area contributed by atoms with Crippen molar-refractivity contribution in [1.29, 1.82) is 0 Å². The number of hydrogen-bond donors (Lipinski definition) is 1. The van der Waals surface area contributed by atoms with Gasteiger partial charge in [-0.15, -0.1) is 0 Å². The van der Waals surface area contributed by atoms with Crippen LogP contribution >= 0.6 is 15.9 Å². The quantitative estimate of drug-likeness (QED) is 0.789. The minimum atomic E-state index is -0.183. The van der Waals surface area contributed by atoms with E-state index >= 15 is 0 Å². The highest BCUT2D eigenvalue weighted by Crippen LogP contribution is 2.25. The first-order chi connectivity index (χ1) is 9.20. The fourth-order valence-electron chi connectivity index (χ4n) is 2.15. The van der Waals surface area contributed by atoms with E-state index in [4.69, 9.17) is 4.74 Å². The molecular formula is C14H11BrN2O2. The number of fused-ring (bicyclic) bond motifs is 1. The Morgan fingerprint density at radius 2 is 2.00 bits per heavy atom. The maximum Gasteiger partial charge on any atom is 0.331 e. The van der Waals surface area contributed by atoms with E-state index < -0.39 is 0 Å². The average molecular weight is 319 g/mol. The molecule has 0 aliphatic carbocycles. The average Bonchev–Trinajstić information content (AvgIpc) is 2.74. The molecule has 0 spiro atoms. The van der Waals surface area contributed by atoms with Gasteiger partial charge in [0.1, 0.15) is 11.3 Å². The lowest BCUT2D eigenvalue weighted by Gasteiger charge is -2.05. The molecule has 0 saturated heterocycles. The van der Waals surface area contributed by atoms with Crippen LogP contribution in [0.2, 0.25) is 0 Å². The number of imidazole rings is 1. The Bertz CT molecular complexity index is 805. The van der Waals surface area contributed by atoms with Crippen LogP contribution in [0.25, 0.3) is 16.7 Å². The number of hydrogen-bond acceptors (Lipinski definition) is 2. The van der Waals surface area contributed by atoms with Gasteiger partial charge >= 0.3 is 5.69 Å². The summed E-state index contributed by atoms with van der Waals surface area (Å²) >= 11 is 3.41. The molecule has 0 fully saturated rings. The number of ether oxygens (including phenoxy) is 1. The molecule has 0 atom stereocenters. The lowest BCUT2D eigenvalue weighted by Crippen LogP contribution is -2.14. The van der Waals surface area contributed by atoms with Crippen molar-refractivity contribution in [3.63, 3.8) is 0 Å². The van der Waals surface area contributed by atoms with Crippen LogP contribution in [0.4, 0.5) is 0 Å². The van der Waals surface area contributed by atoms with Gasteiger partial charge in [-0.25, -0.2) is 4.79 Å². The standard InChI is InChI=1S/C14H11BrN2O2/c1-19-12-7-3-6-11-13(12)16-14(18)17(11)10-5-2-4-9(15)8-10/h2-8H,1H3,(H,16,18). The summed E-state index contributed by atoms with van der Waals surface area (Å²) in [7, 11) is 1.59. The Morgan fingerprint density at radius 1 is 1.21 bits per heavy atom. The number of para-hydroxylation sites is 1. The number of aromatic amines is 1. The number of benzene rings is 2. The number of nitrogens with one attached hydrogen (secondary N) is 1. The van der Waals surface area contributed by atoms with Crippen LogP contribution in [-0.2, 0) is 0 Å². The summed E-state index contributed by atoms with van der Waals surface area (Å²) < 4.78 is 7.82. The monoisotopic (exact) mass is 318 g/mol. The normalized spacial score (nSPS) is 10.8. The number of H-pyrrole nitrogens is 1. The van der Waals surface area contributed by atoms with Gasteiger partial charge in [0.2, 0.25) is 0 Å². The molecule has 0 saturated carbocycles. The molecule has 3 rings (SSSR count). The maximum absolute atomic E-state index is 12.2. The molecule has 1 aromatic heterocycles. The summed E-state index contributed by atoms with van der Waals surface area (Å²) in [6.45, 7) is 0. The molecule has 19 heavy (non-hydrogen) atoms. The van der Waals surface area contributed by atoms with Gasteiger partial charge in [0.25, 0.3) is 0 Å². The fraction of sp³-hybridized carbons (Fsp3) is 0.0714. The number of methoxy groups -OCH3 is 1. The summed E-state index contributed by atoms with van der Waals surface area (Å²) in [5.74, 6) is 0.656. The Labute approximate surface area is 117 Å². The first-order valence-electron chi connectivity index (χ1n) is 5.74. The van der Waals surface area contributed by atoms with E-state index in [1.54, 1.807) is 11.7 Å². The highest BCUT2D eigenvalue weighted by atomic mass is 79.9. The van der Waals surface area contributed by atoms with Crippen molar-refractivity contribution < 1.29 is 4.74 Å². The molecule has 0 amide bonds. The van der Waals surface area contributed by atoms with Gasteiger partial charge in [-0.1, -0.05) is 28.1 Å². The van der Waals surface area contributed by atoms with Gasteiger partial charge in [0, 0.05) is 4.47 Å². The minimum Gasteiger partial charge on any atom is -0.494 e. The molecule has 0 unspecified atom stereocenters. The van der Waals surface area contributed by atoms with Gasteiger partial charge in [-0.3, -0.25) is 4.57 Å². The van der Waals surface area contributed by atoms with Crippen LogP contribution < -0.4 is 10.4 Å². The zero-order chi connectivity index (χ0) is 13.4. The van der Waals surface area contributed by atoms with Crippen molar-refractivity contribution >= 4 is 27.0 Å². The SMILES string of the molecule is COc1cccc2c1[nH]c(=O)n2-c1cccc(Br)c1. The summed E-state index contributed by atoms with van der Waals surface area (Å²) in [5, 5.41) is 0. The largest absolute Gasteiger partial charge is 0.494 e. The molecule has 0 bridgehead atoms. The first kappa shape index (κ1) is 12.0. The zero-order valence-electron chi connectivity index (χ0n) is 10.2. The van der Waals surface area contributed by atoms with Crippen molar-refractivity contribution in [2.24, 2.45) is 0 Å². The summed E-state index contributed by atoms with van der Waals surface area (Å²) in [4.78, 5) is 15.0. The van der Waals surface area contributed by atoms with Crippen molar-refractivity contribution in [2.75, 3.05) is 7.11 Å². The third-order valence-corrected chi connectivity index (χ3v) is 3.46. The molecule has 1 heterocycles. The van der Waals surface area contributed by atoms with E-state index in [2.05, 4.69) is 20.9 Å². The second-order valence-corrected chi connectivity index (χ2v) is 5.02. The number of halogens is 1. The Hall–Kier alpha value is -2.01. The van der Waals surface area contributed by atoms with E-state index in [0.717, 1.165) is 15.7 Å². The molecular weight excluding hydrogens is 308 g/mol. The smallest absolute Gasteiger partial charge is 0.331 e. The highest BCUT2D eigenvalue weighted by Gasteiger charge is 2.11. The lowest BCUT2D eigenvalue weighted by molar-refractivity contribution is 0.419. The van der Waals surface area contributed by atoms with E-state index in [0.29, 0.717) is 11.3 Å². The Kier molecular flexibility index (Phi) is 2.91. The molecule has 96 valence electrons. The first-order valence-corrected chi connectivity index (χ1v) is 6.53. The molecule has 5 heteroatoms.